The van der Waals surface area contributed by atoms with Crippen LogP contribution in [0.2, 0.25) is 0 Å². The number of hydrogen-bond donors (Lipinski definition) is 1. The van der Waals surface area contributed by atoms with Crippen molar-refractivity contribution in [3.8, 4) is 11.4 Å². The maximum atomic E-state index is 12.8. The highest BCUT2D eigenvalue weighted by molar-refractivity contribution is 7.99. The van der Waals surface area contributed by atoms with Crippen LogP contribution in [0, 0.1) is 5.82 Å². The number of nitrogens with zero attached hydrogens (tertiary/aromatic N) is 3. The van der Waals surface area contributed by atoms with Crippen molar-refractivity contribution in [2.24, 2.45) is 0 Å². The topological polar surface area (TPSA) is 71.5 Å². The summed E-state index contributed by atoms with van der Waals surface area (Å²) in [6.07, 6.45) is 3.34. The zero-order valence-electron chi connectivity index (χ0n) is 11.4. The number of halogens is 1. The average Bonchev–Trinajstić information content (AvgIpc) is 3.03. The van der Waals surface area contributed by atoms with Crippen LogP contribution in [-0.2, 0) is 0 Å². The van der Waals surface area contributed by atoms with E-state index in [9.17, 15) is 9.18 Å². The minimum atomic E-state index is -0.361. The lowest BCUT2D eigenvalue weighted by Gasteiger charge is -1.98. The van der Waals surface area contributed by atoms with Gasteiger partial charge in [0, 0.05) is 23.5 Å². The lowest BCUT2D eigenvalue weighted by Crippen LogP contribution is -2.02. The molecule has 1 N–H and O–H groups in total. The molecule has 0 aliphatic heterocycles. The summed E-state index contributed by atoms with van der Waals surface area (Å²) in [5, 5.41) is 7.38. The summed E-state index contributed by atoms with van der Waals surface area (Å²) in [4.78, 5) is 20.2. The van der Waals surface area contributed by atoms with E-state index < -0.39 is 0 Å². The normalized spacial score (nSPS) is 10.6. The van der Waals surface area contributed by atoms with Gasteiger partial charge in [0.25, 0.3) is 0 Å². The van der Waals surface area contributed by atoms with Crippen molar-refractivity contribution in [2.75, 3.05) is 5.75 Å². The summed E-state index contributed by atoms with van der Waals surface area (Å²) < 4.78 is 12.8. The van der Waals surface area contributed by atoms with Crippen molar-refractivity contribution in [1.29, 1.82) is 0 Å². The molecular formula is C15H11FN4OS. The van der Waals surface area contributed by atoms with Gasteiger partial charge in [-0.15, -0.1) is 5.10 Å². The molecule has 0 aliphatic rings. The molecule has 0 unspecified atom stereocenters. The first kappa shape index (κ1) is 14.4. The van der Waals surface area contributed by atoms with Crippen LogP contribution in [0.1, 0.15) is 10.4 Å². The van der Waals surface area contributed by atoms with E-state index >= 15 is 0 Å². The minimum Gasteiger partial charge on any atom is -0.293 e. The molecule has 22 heavy (non-hydrogen) atoms. The van der Waals surface area contributed by atoms with Crippen LogP contribution in [0.4, 0.5) is 4.39 Å². The highest BCUT2D eigenvalue weighted by Crippen LogP contribution is 2.19. The first-order valence-corrected chi connectivity index (χ1v) is 7.45. The fourth-order valence-corrected chi connectivity index (χ4v) is 2.49. The molecule has 2 aromatic heterocycles. The number of carbonyl (C=O) groups excluding carboxylic acids is 1. The predicted molar refractivity (Wildman–Crippen MR) is 81.1 cm³/mol. The number of hydrogen-bond acceptors (Lipinski definition) is 5. The van der Waals surface area contributed by atoms with E-state index in [2.05, 4.69) is 20.2 Å². The van der Waals surface area contributed by atoms with Crippen LogP contribution in [0.25, 0.3) is 11.4 Å². The predicted octanol–water partition coefficient (Wildman–Crippen LogP) is 2.98. The molecule has 0 amide bonds. The number of pyridine rings is 1. The van der Waals surface area contributed by atoms with Crippen molar-refractivity contribution in [3.63, 3.8) is 0 Å². The van der Waals surface area contributed by atoms with Crippen LogP contribution in [-0.4, -0.2) is 31.7 Å². The molecule has 3 aromatic rings. The van der Waals surface area contributed by atoms with Gasteiger partial charge in [-0.2, -0.15) is 0 Å². The highest BCUT2D eigenvalue weighted by atomic mass is 32.2. The molecular weight excluding hydrogens is 303 g/mol. The van der Waals surface area contributed by atoms with E-state index in [4.69, 9.17) is 0 Å². The number of H-pyrrole nitrogens is 1. The molecule has 110 valence electrons. The second-order valence-corrected chi connectivity index (χ2v) is 5.36. The highest BCUT2D eigenvalue weighted by Gasteiger charge is 2.10. The van der Waals surface area contributed by atoms with Gasteiger partial charge in [0.2, 0.25) is 5.16 Å². The van der Waals surface area contributed by atoms with Crippen LogP contribution in [0.15, 0.2) is 53.9 Å². The molecule has 1 aromatic carbocycles. The van der Waals surface area contributed by atoms with Crippen molar-refractivity contribution in [3.05, 3.63) is 60.2 Å². The molecule has 0 fully saturated rings. The van der Waals surface area contributed by atoms with Crippen LogP contribution in [0.3, 0.4) is 0 Å². The standard InChI is InChI=1S/C15H11FN4OS/c16-12-3-1-10(2-4-12)13(21)9-22-15-18-14(19-20-15)11-5-7-17-8-6-11/h1-8H,9H2,(H,18,19,20). The summed E-state index contributed by atoms with van der Waals surface area (Å²) in [5.74, 6) is 0.360. The third-order valence-electron chi connectivity index (χ3n) is 2.92. The quantitative estimate of drug-likeness (QED) is 0.579. The third-order valence-corrected chi connectivity index (χ3v) is 3.76. The van der Waals surface area contributed by atoms with Crippen molar-refractivity contribution in [1.82, 2.24) is 20.2 Å². The van der Waals surface area contributed by atoms with E-state index in [1.54, 1.807) is 12.4 Å². The second kappa shape index (κ2) is 6.48. The SMILES string of the molecule is O=C(CSc1n[nH]c(-c2ccncc2)n1)c1ccc(F)cc1. The van der Waals surface area contributed by atoms with Gasteiger partial charge in [0.15, 0.2) is 11.6 Å². The molecule has 0 saturated carbocycles. The van der Waals surface area contributed by atoms with E-state index in [1.807, 2.05) is 12.1 Å². The Morgan fingerprint density at radius 2 is 1.86 bits per heavy atom. The third kappa shape index (κ3) is 3.37. The van der Waals surface area contributed by atoms with Crippen molar-refractivity contribution < 1.29 is 9.18 Å². The Hall–Kier alpha value is -2.54. The molecule has 0 radical (unpaired) electrons. The number of thioether (sulfide) groups is 1. The van der Waals surface area contributed by atoms with E-state index in [-0.39, 0.29) is 17.4 Å². The molecule has 3 rings (SSSR count). The number of ketones is 1. The van der Waals surface area contributed by atoms with E-state index in [0.717, 1.165) is 5.56 Å². The summed E-state index contributed by atoms with van der Waals surface area (Å²) in [6, 6.07) is 9.12. The number of Topliss-reactive ketones (excluding diaryl/α,β-unsaturated/α-hetero) is 1. The first-order valence-electron chi connectivity index (χ1n) is 6.47. The fourth-order valence-electron chi connectivity index (χ4n) is 1.80. The zero-order chi connectivity index (χ0) is 15.4. The van der Waals surface area contributed by atoms with E-state index in [1.165, 1.54) is 36.0 Å². The van der Waals surface area contributed by atoms with Gasteiger partial charge in [0.1, 0.15) is 5.82 Å². The second-order valence-electron chi connectivity index (χ2n) is 4.42. The monoisotopic (exact) mass is 314 g/mol. The molecule has 2 heterocycles. The number of aromatic amines is 1. The maximum absolute atomic E-state index is 12.8. The summed E-state index contributed by atoms with van der Waals surface area (Å²) >= 11 is 1.23. The number of rotatable bonds is 5. The molecule has 0 bridgehead atoms. The minimum absolute atomic E-state index is 0.0970. The molecule has 7 heteroatoms. The number of benzene rings is 1. The number of aromatic nitrogens is 4. The Balaban J connectivity index is 1.64. The molecule has 0 spiro atoms. The van der Waals surface area contributed by atoms with Gasteiger partial charge < -0.3 is 0 Å². The van der Waals surface area contributed by atoms with Gasteiger partial charge >= 0.3 is 0 Å². The van der Waals surface area contributed by atoms with Crippen molar-refractivity contribution in [2.45, 2.75) is 5.16 Å². The van der Waals surface area contributed by atoms with Crippen molar-refractivity contribution >= 4 is 17.5 Å². The molecule has 0 atom stereocenters. The lowest BCUT2D eigenvalue weighted by molar-refractivity contribution is 0.102. The fraction of sp³-hybridized carbons (Fsp3) is 0.0667. The molecule has 0 saturated heterocycles. The van der Waals surface area contributed by atoms with Gasteiger partial charge in [-0.1, -0.05) is 11.8 Å². The number of nitrogens with one attached hydrogen (secondary N) is 1. The van der Waals surface area contributed by atoms with E-state index in [0.29, 0.717) is 16.5 Å². The van der Waals surface area contributed by atoms with Gasteiger partial charge in [-0.05, 0) is 36.4 Å². The Labute approximate surface area is 130 Å². The average molecular weight is 314 g/mol. The zero-order valence-corrected chi connectivity index (χ0v) is 12.2. The molecule has 5 nitrogen and oxygen atoms in total. The smallest absolute Gasteiger partial charge is 0.209 e. The Bertz CT molecular complexity index is 774. The maximum Gasteiger partial charge on any atom is 0.209 e. The lowest BCUT2D eigenvalue weighted by atomic mass is 10.1. The van der Waals surface area contributed by atoms with Gasteiger partial charge in [0.05, 0.1) is 5.75 Å². The summed E-state index contributed by atoms with van der Waals surface area (Å²) in [7, 11) is 0. The van der Waals surface area contributed by atoms with Crippen LogP contribution >= 0.6 is 11.8 Å². The Morgan fingerprint density at radius 1 is 1.14 bits per heavy atom. The molecule has 0 aliphatic carbocycles. The Kier molecular flexibility index (Phi) is 4.24. The summed E-state index contributed by atoms with van der Waals surface area (Å²) in [5.41, 5.74) is 1.35. The van der Waals surface area contributed by atoms with Gasteiger partial charge in [-0.25, -0.2) is 9.37 Å². The Morgan fingerprint density at radius 3 is 2.59 bits per heavy atom. The van der Waals surface area contributed by atoms with Crippen LogP contribution < -0.4 is 0 Å². The first-order chi connectivity index (χ1) is 10.7. The number of carbonyl (C=O) groups is 1. The van der Waals surface area contributed by atoms with Crippen LogP contribution in [0.5, 0.6) is 0 Å². The summed E-state index contributed by atoms with van der Waals surface area (Å²) in [6.45, 7) is 0. The largest absolute Gasteiger partial charge is 0.293 e. The van der Waals surface area contributed by atoms with Gasteiger partial charge in [-0.3, -0.25) is 14.9 Å².